The molecule has 6 heteroatoms. The smallest absolute Gasteiger partial charge is 0.317 e. The number of aliphatic hydroxyl groups excluding tert-OH is 1. The average Bonchev–Trinajstić information content (AvgIpc) is 2.77. The van der Waals surface area contributed by atoms with Gasteiger partial charge in [0.1, 0.15) is 0 Å². The molecule has 2 atom stereocenters. The lowest BCUT2D eigenvalue weighted by Crippen LogP contribution is -2.50. The van der Waals surface area contributed by atoms with Crippen LogP contribution in [0.4, 0.5) is 4.79 Å². The highest BCUT2D eigenvalue weighted by molar-refractivity contribution is 5.79. The van der Waals surface area contributed by atoms with Crippen LogP contribution in [0, 0.1) is 5.41 Å². The summed E-state index contributed by atoms with van der Waals surface area (Å²) in [7, 11) is 1.71. The van der Waals surface area contributed by atoms with E-state index in [1.807, 2.05) is 0 Å². The highest BCUT2D eigenvalue weighted by Gasteiger charge is 2.46. The zero-order valence-corrected chi connectivity index (χ0v) is 12.4. The molecule has 0 saturated heterocycles. The molecule has 0 radical (unpaired) electrons. The molecule has 1 aliphatic carbocycles. The Morgan fingerprint density at radius 1 is 1.35 bits per heavy atom. The van der Waals surface area contributed by atoms with E-state index in [9.17, 15) is 14.7 Å². The number of nitrogens with zero attached hydrogens (tertiary/aromatic N) is 1. The molecule has 0 spiro atoms. The first-order valence-corrected chi connectivity index (χ1v) is 7.27. The number of aliphatic carboxylic acids is 1. The minimum Gasteiger partial charge on any atom is -0.481 e. The zero-order chi connectivity index (χ0) is 15.2. The van der Waals surface area contributed by atoms with E-state index in [4.69, 9.17) is 5.11 Å². The minimum absolute atomic E-state index is 0.176. The Bertz CT molecular complexity index is 348. The lowest BCUT2D eigenvalue weighted by molar-refractivity contribution is -0.148. The van der Waals surface area contributed by atoms with Crippen LogP contribution in [0.2, 0.25) is 0 Å². The fourth-order valence-corrected chi connectivity index (χ4v) is 2.65. The quantitative estimate of drug-likeness (QED) is 0.618. The summed E-state index contributed by atoms with van der Waals surface area (Å²) in [5.74, 6) is -0.842. The second-order valence-corrected chi connectivity index (χ2v) is 5.82. The molecule has 6 nitrogen and oxygen atoms in total. The molecule has 1 rings (SSSR count). The molecule has 0 aromatic rings. The number of hydrogen-bond acceptors (Lipinski definition) is 3. The molecule has 2 unspecified atom stereocenters. The number of rotatable bonds is 7. The number of nitrogens with one attached hydrogen (secondary N) is 1. The predicted molar refractivity (Wildman–Crippen MR) is 75.5 cm³/mol. The van der Waals surface area contributed by atoms with Crippen LogP contribution in [0.5, 0.6) is 0 Å². The summed E-state index contributed by atoms with van der Waals surface area (Å²) in [6.45, 7) is 2.49. The number of carboxylic acids is 1. The first kappa shape index (κ1) is 16.8. The number of urea groups is 1. The van der Waals surface area contributed by atoms with Crippen molar-refractivity contribution in [3.05, 3.63) is 0 Å². The summed E-state index contributed by atoms with van der Waals surface area (Å²) in [4.78, 5) is 25.0. The van der Waals surface area contributed by atoms with E-state index in [1.165, 1.54) is 0 Å². The van der Waals surface area contributed by atoms with Gasteiger partial charge in [0.15, 0.2) is 0 Å². The Morgan fingerprint density at radius 3 is 2.65 bits per heavy atom. The monoisotopic (exact) mass is 286 g/mol. The summed E-state index contributed by atoms with van der Waals surface area (Å²) >= 11 is 0. The van der Waals surface area contributed by atoms with Crippen LogP contribution < -0.4 is 5.32 Å². The van der Waals surface area contributed by atoms with Gasteiger partial charge < -0.3 is 20.4 Å². The summed E-state index contributed by atoms with van der Waals surface area (Å²) in [6, 6.07) is -0.513. The maximum atomic E-state index is 12.0. The summed E-state index contributed by atoms with van der Waals surface area (Å²) in [6.07, 6.45) is 4.61. The average molecular weight is 286 g/mol. The predicted octanol–water partition coefficient (Wildman–Crippen LogP) is 1.43. The first-order chi connectivity index (χ1) is 9.41. The second-order valence-electron chi connectivity index (χ2n) is 5.82. The Kier molecular flexibility index (Phi) is 6.26. The van der Waals surface area contributed by atoms with Gasteiger partial charge in [-0.15, -0.1) is 0 Å². The minimum atomic E-state index is -0.854. The van der Waals surface area contributed by atoms with Gasteiger partial charge in [-0.3, -0.25) is 4.79 Å². The van der Waals surface area contributed by atoms with Crippen LogP contribution in [0.15, 0.2) is 0 Å². The topological polar surface area (TPSA) is 89.9 Å². The summed E-state index contributed by atoms with van der Waals surface area (Å²) in [5.41, 5.74) is -0.854. The highest BCUT2D eigenvalue weighted by Crippen LogP contribution is 2.38. The fraction of sp³-hybridized carbons (Fsp3) is 0.857. The van der Waals surface area contributed by atoms with Gasteiger partial charge in [-0.1, -0.05) is 6.42 Å². The van der Waals surface area contributed by atoms with Gasteiger partial charge in [-0.2, -0.15) is 0 Å². The van der Waals surface area contributed by atoms with Crippen molar-refractivity contribution in [2.24, 2.45) is 5.41 Å². The third-order valence-corrected chi connectivity index (χ3v) is 4.24. The van der Waals surface area contributed by atoms with Crippen molar-refractivity contribution in [1.29, 1.82) is 0 Å². The van der Waals surface area contributed by atoms with E-state index >= 15 is 0 Å². The van der Waals surface area contributed by atoms with Crippen molar-refractivity contribution >= 4 is 12.0 Å². The van der Waals surface area contributed by atoms with E-state index in [-0.39, 0.29) is 18.7 Å². The SMILES string of the molecule is CN(CCCCCO)C(=O)NC1CCCC1(C)C(=O)O. The maximum absolute atomic E-state index is 12.0. The number of carboxylic acid groups (broad SMARTS) is 1. The number of aliphatic hydroxyl groups is 1. The molecule has 1 fully saturated rings. The van der Waals surface area contributed by atoms with Gasteiger partial charge in [0.2, 0.25) is 0 Å². The standard InChI is InChI=1S/C14H26N2O4/c1-14(12(18)19)8-6-7-11(14)15-13(20)16(2)9-4-3-5-10-17/h11,17H,3-10H2,1-2H3,(H,15,20)(H,18,19). The molecule has 0 aromatic heterocycles. The lowest BCUT2D eigenvalue weighted by Gasteiger charge is -2.29. The molecule has 116 valence electrons. The molecule has 0 aliphatic heterocycles. The van der Waals surface area contributed by atoms with Crippen molar-refractivity contribution in [2.45, 2.75) is 51.5 Å². The van der Waals surface area contributed by atoms with Crippen LogP contribution in [0.25, 0.3) is 0 Å². The van der Waals surface area contributed by atoms with Crippen molar-refractivity contribution in [3.63, 3.8) is 0 Å². The van der Waals surface area contributed by atoms with Crippen LogP contribution >= 0.6 is 0 Å². The Morgan fingerprint density at radius 2 is 2.05 bits per heavy atom. The first-order valence-electron chi connectivity index (χ1n) is 7.27. The van der Waals surface area contributed by atoms with E-state index in [0.717, 1.165) is 25.7 Å². The molecule has 1 saturated carbocycles. The van der Waals surface area contributed by atoms with Crippen molar-refractivity contribution in [3.8, 4) is 0 Å². The van der Waals surface area contributed by atoms with Crippen molar-refractivity contribution in [1.82, 2.24) is 10.2 Å². The Labute approximate surface area is 120 Å². The third kappa shape index (κ3) is 4.10. The fourth-order valence-electron chi connectivity index (χ4n) is 2.65. The zero-order valence-electron chi connectivity index (χ0n) is 12.4. The van der Waals surface area contributed by atoms with Gasteiger partial charge in [0.25, 0.3) is 0 Å². The van der Waals surface area contributed by atoms with Crippen LogP contribution in [-0.2, 0) is 4.79 Å². The maximum Gasteiger partial charge on any atom is 0.317 e. The van der Waals surface area contributed by atoms with Crippen LogP contribution in [0.3, 0.4) is 0 Å². The Hall–Kier alpha value is -1.30. The van der Waals surface area contributed by atoms with E-state index in [1.54, 1.807) is 18.9 Å². The molecule has 2 amide bonds. The molecule has 0 bridgehead atoms. The number of hydrogen-bond donors (Lipinski definition) is 3. The summed E-state index contributed by atoms with van der Waals surface area (Å²) < 4.78 is 0. The number of carbonyl (C=O) groups is 2. The third-order valence-electron chi connectivity index (χ3n) is 4.24. The second kappa shape index (κ2) is 7.47. The highest BCUT2D eigenvalue weighted by atomic mass is 16.4. The van der Waals surface area contributed by atoms with Crippen LogP contribution in [-0.4, -0.2) is 53.4 Å². The van der Waals surface area contributed by atoms with Gasteiger partial charge in [0.05, 0.1) is 5.41 Å². The van der Waals surface area contributed by atoms with Gasteiger partial charge in [-0.05, 0) is 39.0 Å². The van der Waals surface area contributed by atoms with Crippen molar-refractivity contribution in [2.75, 3.05) is 20.2 Å². The molecular formula is C14H26N2O4. The van der Waals surface area contributed by atoms with E-state index in [0.29, 0.717) is 19.4 Å². The normalized spacial score (nSPS) is 25.4. The van der Waals surface area contributed by atoms with Crippen molar-refractivity contribution < 1.29 is 19.8 Å². The molecule has 20 heavy (non-hydrogen) atoms. The summed E-state index contributed by atoms with van der Waals surface area (Å²) in [5, 5.41) is 20.8. The number of unbranched alkanes of at least 4 members (excludes halogenated alkanes) is 2. The Balaban J connectivity index is 2.43. The molecule has 1 aliphatic rings. The van der Waals surface area contributed by atoms with Gasteiger partial charge in [-0.25, -0.2) is 4.79 Å². The van der Waals surface area contributed by atoms with E-state index in [2.05, 4.69) is 5.32 Å². The number of carbonyl (C=O) groups excluding carboxylic acids is 1. The molecule has 3 N–H and O–H groups in total. The molecule has 0 heterocycles. The largest absolute Gasteiger partial charge is 0.481 e. The van der Waals surface area contributed by atoms with E-state index < -0.39 is 11.4 Å². The molecule has 0 aromatic carbocycles. The van der Waals surface area contributed by atoms with Gasteiger partial charge >= 0.3 is 12.0 Å². The molecular weight excluding hydrogens is 260 g/mol. The lowest BCUT2D eigenvalue weighted by atomic mass is 9.85. The van der Waals surface area contributed by atoms with Gasteiger partial charge in [0, 0.05) is 26.2 Å². The number of amides is 2. The van der Waals surface area contributed by atoms with Crippen LogP contribution in [0.1, 0.15) is 45.4 Å².